The van der Waals surface area contributed by atoms with Crippen LogP contribution in [0, 0.1) is 10.8 Å². The average Bonchev–Trinajstić information content (AvgIpc) is 2.66. The maximum Gasteiger partial charge on any atom is 0.0454 e. The van der Waals surface area contributed by atoms with Gasteiger partial charge in [-0.2, -0.15) is 0 Å². The number of alkyl halides is 2. The molecule has 2 heteroatoms. The minimum Gasteiger partial charge on any atom is -0.0833 e. The van der Waals surface area contributed by atoms with Crippen molar-refractivity contribution in [2.75, 3.05) is 0 Å². The van der Waals surface area contributed by atoms with Crippen molar-refractivity contribution in [3.63, 3.8) is 0 Å². The zero-order chi connectivity index (χ0) is 17.8. The van der Waals surface area contributed by atoms with Gasteiger partial charge in [0.05, 0.1) is 0 Å². The number of halogens is 2. The summed E-state index contributed by atoms with van der Waals surface area (Å²) >= 11 is 8.13. The lowest BCUT2D eigenvalue weighted by molar-refractivity contribution is 0.0559. The summed E-state index contributed by atoms with van der Waals surface area (Å²) in [6.07, 6.45) is 2.22. The first-order chi connectivity index (χ1) is 11.4. The number of rotatable bonds is 7. The third-order valence-electron chi connectivity index (χ3n) is 6.08. The summed E-state index contributed by atoms with van der Waals surface area (Å²) in [5.74, 6) is 0. The van der Waals surface area contributed by atoms with Gasteiger partial charge in [0.25, 0.3) is 0 Å². The highest BCUT2D eigenvalue weighted by Crippen LogP contribution is 2.62. The van der Waals surface area contributed by atoms with Gasteiger partial charge in [-0.25, -0.2) is 0 Å². The Balaban J connectivity index is 2.47. The highest BCUT2D eigenvalue weighted by molar-refractivity contribution is 9.09. The molecular weight excluding hydrogens is 424 g/mol. The lowest BCUT2D eigenvalue weighted by Crippen LogP contribution is -2.42. The summed E-state index contributed by atoms with van der Waals surface area (Å²) in [5.41, 5.74) is 2.92. The van der Waals surface area contributed by atoms with Gasteiger partial charge in [0.1, 0.15) is 0 Å². The summed E-state index contributed by atoms with van der Waals surface area (Å²) < 4.78 is 0. The van der Waals surface area contributed by atoms with E-state index in [1.165, 1.54) is 11.1 Å². The Labute approximate surface area is 164 Å². The van der Waals surface area contributed by atoms with Gasteiger partial charge in [0.15, 0.2) is 0 Å². The predicted octanol–water partition coefficient (Wildman–Crippen LogP) is 8.09. The van der Waals surface area contributed by atoms with E-state index in [-0.39, 0.29) is 10.8 Å². The highest BCUT2D eigenvalue weighted by atomic mass is 79.9. The van der Waals surface area contributed by atoms with Crippen LogP contribution in [0.25, 0.3) is 0 Å². The molecule has 2 aromatic carbocycles. The molecule has 0 aliphatic heterocycles. The van der Waals surface area contributed by atoms with Crippen molar-refractivity contribution < 1.29 is 0 Å². The number of benzene rings is 2. The first-order valence-corrected chi connectivity index (χ1v) is 10.6. The molecule has 0 aliphatic carbocycles. The topological polar surface area (TPSA) is 0 Å². The summed E-state index contributed by atoms with van der Waals surface area (Å²) in [6.45, 7) is 9.49. The van der Waals surface area contributed by atoms with E-state index in [0.717, 1.165) is 12.8 Å². The number of hydrogen-bond acceptors (Lipinski definition) is 0. The monoisotopic (exact) mass is 450 g/mol. The third-order valence-corrected chi connectivity index (χ3v) is 9.16. The predicted molar refractivity (Wildman–Crippen MR) is 113 cm³/mol. The van der Waals surface area contributed by atoms with Gasteiger partial charge in [0.2, 0.25) is 0 Å². The smallest absolute Gasteiger partial charge is 0.0454 e. The van der Waals surface area contributed by atoms with Crippen LogP contribution in [-0.2, 0) is 0 Å². The van der Waals surface area contributed by atoms with E-state index >= 15 is 0 Å². The third kappa shape index (κ3) is 3.51. The van der Waals surface area contributed by atoms with Crippen LogP contribution in [0.4, 0.5) is 0 Å². The maximum absolute atomic E-state index is 4.07. The molecule has 0 saturated heterocycles. The lowest BCUT2D eigenvalue weighted by atomic mass is 9.57. The number of hydrogen-bond donors (Lipinski definition) is 0. The van der Waals surface area contributed by atoms with Gasteiger partial charge in [0, 0.05) is 9.65 Å². The van der Waals surface area contributed by atoms with E-state index in [0.29, 0.717) is 9.65 Å². The van der Waals surface area contributed by atoms with Crippen molar-refractivity contribution in [2.45, 2.75) is 50.2 Å². The van der Waals surface area contributed by atoms with Gasteiger partial charge >= 0.3 is 0 Å². The van der Waals surface area contributed by atoms with E-state index in [1.807, 2.05) is 0 Å². The SMILES string of the molecule is CCC(C)(C(Br)c1ccccc1)C(C)(CC)C(Br)c1ccccc1. The molecule has 2 rings (SSSR count). The fourth-order valence-electron chi connectivity index (χ4n) is 3.72. The summed E-state index contributed by atoms with van der Waals surface area (Å²) in [4.78, 5) is 0.620. The first kappa shape index (κ1) is 19.7. The van der Waals surface area contributed by atoms with Crippen molar-refractivity contribution in [2.24, 2.45) is 10.8 Å². The van der Waals surface area contributed by atoms with Crippen molar-refractivity contribution in [1.29, 1.82) is 0 Å². The molecule has 0 radical (unpaired) electrons. The van der Waals surface area contributed by atoms with Crippen LogP contribution >= 0.6 is 31.9 Å². The van der Waals surface area contributed by atoms with Crippen LogP contribution in [0.15, 0.2) is 60.7 Å². The Morgan fingerprint density at radius 2 is 0.958 bits per heavy atom. The molecule has 0 nitrogen and oxygen atoms in total. The minimum atomic E-state index is 0.104. The Morgan fingerprint density at radius 1 is 0.667 bits per heavy atom. The first-order valence-electron chi connectivity index (χ1n) is 8.78. The molecule has 0 fully saturated rings. The van der Waals surface area contributed by atoms with Gasteiger partial charge in [-0.05, 0) is 34.8 Å². The molecule has 0 saturated carbocycles. The van der Waals surface area contributed by atoms with E-state index in [9.17, 15) is 0 Å². The lowest BCUT2D eigenvalue weighted by Gasteiger charge is -2.52. The zero-order valence-electron chi connectivity index (χ0n) is 15.1. The van der Waals surface area contributed by atoms with Crippen LogP contribution in [0.2, 0.25) is 0 Å². The van der Waals surface area contributed by atoms with E-state index < -0.39 is 0 Å². The largest absolute Gasteiger partial charge is 0.0833 e. The molecule has 0 N–H and O–H groups in total. The normalized spacial score (nSPS) is 19.1. The average molecular weight is 452 g/mol. The van der Waals surface area contributed by atoms with Gasteiger partial charge in [-0.15, -0.1) is 0 Å². The quantitative estimate of drug-likeness (QED) is 0.373. The molecular formula is C22H28Br2. The highest BCUT2D eigenvalue weighted by Gasteiger charge is 2.50. The molecule has 2 aromatic rings. The molecule has 130 valence electrons. The second-order valence-corrected chi connectivity index (χ2v) is 8.92. The van der Waals surface area contributed by atoms with Crippen molar-refractivity contribution >= 4 is 31.9 Å². The van der Waals surface area contributed by atoms with Gasteiger partial charge < -0.3 is 0 Å². The Bertz CT molecular complexity index is 567. The second kappa shape index (κ2) is 8.19. The molecule has 24 heavy (non-hydrogen) atoms. The Kier molecular flexibility index (Phi) is 6.73. The Morgan fingerprint density at radius 3 is 1.21 bits per heavy atom. The van der Waals surface area contributed by atoms with Gasteiger partial charge in [-0.1, -0.05) is 120 Å². The summed E-state index contributed by atoms with van der Waals surface area (Å²) in [7, 11) is 0. The fraction of sp³-hybridized carbons (Fsp3) is 0.455. The van der Waals surface area contributed by atoms with Gasteiger partial charge in [-0.3, -0.25) is 0 Å². The zero-order valence-corrected chi connectivity index (χ0v) is 18.3. The van der Waals surface area contributed by atoms with Crippen molar-refractivity contribution in [3.8, 4) is 0 Å². The standard InChI is InChI=1S/C22H28Br2/c1-5-21(3,19(23)17-13-9-7-10-14-17)22(4,6-2)20(24)18-15-11-8-12-16-18/h7-16,19-20H,5-6H2,1-4H3. The molecule has 0 amide bonds. The van der Waals surface area contributed by atoms with E-state index in [4.69, 9.17) is 0 Å². The molecule has 0 bridgehead atoms. The van der Waals surface area contributed by atoms with Crippen LogP contribution in [0.3, 0.4) is 0 Å². The van der Waals surface area contributed by atoms with E-state index in [2.05, 4.69) is 120 Å². The molecule has 0 aromatic heterocycles. The molecule has 0 spiro atoms. The van der Waals surface area contributed by atoms with Crippen LogP contribution in [0.5, 0.6) is 0 Å². The second-order valence-electron chi connectivity index (χ2n) is 7.09. The molecule has 4 atom stereocenters. The Hall–Kier alpha value is -0.600. The summed E-state index contributed by atoms with van der Waals surface area (Å²) in [5, 5.41) is 0. The maximum atomic E-state index is 4.07. The van der Waals surface area contributed by atoms with Crippen LogP contribution < -0.4 is 0 Å². The summed E-state index contributed by atoms with van der Waals surface area (Å²) in [6, 6.07) is 21.6. The van der Waals surface area contributed by atoms with Crippen LogP contribution in [0.1, 0.15) is 61.3 Å². The van der Waals surface area contributed by atoms with E-state index in [1.54, 1.807) is 0 Å². The minimum absolute atomic E-state index is 0.104. The fourth-order valence-corrected chi connectivity index (χ4v) is 6.03. The van der Waals surface area contributed by atoms with Crippen molar-refractivity contribution in [3.05, 3.63) is 71.8 Å². The molecule has 4 unspecified atom stereocenters. The van der Waals surface area contributed by atoms with Crippen LogP contribution in [-0.4, -0.2) is 0 Å². The van der Waals surface area contributed by atoms with Crippen molar-refractivity contribution in [1.82, 2.24) is 0 Å². The molecule has 0 heterocycles. The molecule has 0 aliphatic rings.